The molecule has 2 N–H and O–H groups in total. The van der Waals surface area contributed by atoms with Crippen LogP contribution in [0.1, 0.15) is 5.56 Å². The predicted octanol–water partition coefficient (Wildman–Crippen LogP) is 5.03. The molecule has 0 atom stereocenters. The average Bonchev–Trinajstić information content (AvgIpc) is 2.58. The molecule has 9 heteroatoms. The highest BCUT2D eigenvalue weighted by Crippen LogP contribution is 2.32. The number of nitrogens with zero attached hydrogens (tertiary/aromatic N) is 3. The summed E-state index contributed by atoms with van der Waals surface area (Å²) in [7, 11) is 0. The van der Waals surface area contributed by atoms with Crippen LogP contribution in [0.4, 0.5) is 36.4 Å². The zero-order chi connectivity index (χ0) is 17.9. The van der Waals surface area contributed by atoms with Crippen LogP contribution in [-0.4, -0.2) is 15.0 Å². The second-order valence-corrected chi connectivity index (χ2v) is 5.34. The molecule has 128 valence electrons. The minimum absolute atomic E-state index is 0.170. The van der Waals surface area contributed by atoms with Crippen molar-refractivity contribution in [1.29, 1.82) is 0 Å². The molecule has 25 heavy (non-hydrogen) atoms. The second kappa shape index (κ2) is 6.94. The van der Waals surface area contributed by atoms with Crippen molar-refractivity contribution in [3.05, 3.63) is 65.4 Å². The van der Waals surface area contributed by atoms with Crippen LogP contribution >= 0.6 is 11.6 Å². The summed E-state index contributed by atoms with van der Waals surface area (Å²) in [4.78, 5) is 12.3. The first-order valence-corrected chi connectivity index (χ1v) is 7.44. The largest absolute Gasteiger partial charge is 0.416 e. The summed E-state index contributed by atoms with van der Waals surface area (Å²) in [6, 6.07) is 10.0. The van der Waals surface area contributed by atoms with Crippen molar-refractivity contribution in [3.63, 3.8) is 0 Å². The van der Waals surface area contributed by atoms with Crippen molar-refractivity contribution in [3.8, 4) is 0 Å². The number of nitrogens with one attached hydrogen (secondary N) is 2. The summed E-state index contributed by atoms with van der Waals surface area (Å²) in [5.41, 5.74) is -0.561. The third kappa shape index (κ3) is 4.36. The summed E-state index contributed by atoms with van der Waals surface area (Å²) in [6.07, 6.45) is -1.49. The lowest BCUT2D eigenvalue weighted by atomic mass is 10.2. The number of aromatic nitrogens is 3. The van der Waals surface area contributed by atoms with Crippen LogP contribution in [0.5, 0.6) is 0 Å². The van der Waals surface area contributed by atoms with Gasteiger partial charge in [-0.3, -0.25) is 0 Å². The third-order valence-electron chi connectivity index (χ3n) is 3.10. The molecule has 0 fully saturated rings. The molecule has 0 saturated heterocycles. The van der Waals surface area contributed by atoms with E-state index in [-0.39, 0.29) is 22.5 Å². The maximum atomic E-state index is 12.8. The molecule has 3 rings (SSSR count). The van der Waals surface area contributed by atoms with Gasteiger partial charge >= 0.3 is 6.18 Å². The van der Waals surface area contributed by atoms with Gasteiger partial charge in [0.1, 0.15) is 10.8 Å². The highest BCUT2D eigenvalue weighted by atomic mass is 35.5. The number of hydrogen-bond donors (Lipinski definition) is 2. The lowest BCUT2D eigenvalue weighted by Gasteiger charge is -2.12. The fourth-order valence-electron chi connectivity index (χ4n) is 1.98. The van der Waals surface area contributed by atoms with Crippen LogP contribution in [0.2, 0.25) is 5.02 Å². The molecule has 0 spiro atoms. The molecular formula is C16H11ClF3N5. The van der Waals surface area contributed by atoms with Crippen molar-refractivity contribution in [2.75, 3.05) is 10.6 Å². The first kappa shape index (κ1) is 17.0. The van der Waals surface area contributed by atoms with Crippen molar-refractivity contribution in [1.82, 2.24) is 15.0 Å². The molecule has 5 nitrogen and oxygen atoms in total. The van der Waals surface area contributed by atoms with Gasteiger partial charge < -0.3 is 10.6 Å². The van der Waals surface area contributed by atoms with Gasteiger partial charge in [0.25, 0.3) is 0 Å². The maximum absolute atomic E-state index is 12.8. The Morgan fingerprint density at radius 1 is 0.960 bits per heavy atom. The topological polar surface area (TPSA) is 62.7 Å². The van der Waals surface area contributed by atoms with E-state index in [4.69, 9.17) is 11.6 Å². The van der Waals surface area contributed by atoms with Gasteiger partial charge in [-0.05, 0) is 30.3 Å². The van der Waals surface area contributed by atoms with Crippen LogP contribution in [0.15, 0.2) is 54.9 Å². The van der Waals surface area contributed by atoms with Gasteiger partial charge in [-0.15, -0.1) is 0 Å². The van der Waals surface area contributed by atoms with E-state index in [1.54, 1.807) is 24.4 Å². The normalized spacial score (nSPS) is 11.2. The van der Waals surface area contributed by atoms with Crippen molar-refractivity contribution >= 4 is 34.9 Å². The number of pyridine rings is 1. The number of alkyl halides is 3. The SMILES string of the molecule is FC(F)(F)c1cccc(Nc2nc(Nc3ccccn3)ncc2Cl)c1. The summed E-state index contributed by atoms with van der Waals surface area (Å²) in [5.74, 6) is 0.904. The fourth-order valence-corrected chi connectivity index (χ4v) is 2.11. The summed E-state index contributed by atoms with van der Waals surface area (Å²) in [6.45, 7) is 0. The van der Waals surface area contributed by atoms with Crippen LogP contribution in [-0.2, 0) is 6.18 Å². The zero-order valence-corrected chi connectivity index (χ0v) is 13.3. The van der Waals surface area contributed by atoms with E-state index in [0.29, 0.717) is 5.82 Å². The first-order chi connectivity index (χ1) is 11.9. The van der Waals surface area contributed by atoms with Gasteiger partial charge in [0.2, 0.25) is 5.95 Å². The van der Waals surface area contributed by atoms with Gasteiger partial charge in [-0.1, -0.05) is 23.7 Å². The van der Waals surface area contributed by atoms with E-state index in [9.17, 15) is 13.2 Å². The van der Waals surface area contributed by atoms with Crippen LogP contribution in [0.3, 0.4) is 0 Å². The van der Waals surface area contributed by atoms with Gasteiger partial charge in [-0.2, -0.15) is 18.2 Å². The Morgan fingerprint density at radius 2 is 1.80 bits per heavy atom. The van der Waals surface area contributed by atoms with E-state index < -0.39 is 11.7 Å². The lowest BCUT2D eigenvalue weighted by Crippen LogP contribution is -2.06. The van der Waals surface area contributed by atoms with Crippen molar-refractivity contribution < 1.29 is 13.2 Å². The number of hydrogen-bond acceptors (Lipinski definition) is 5. The predicted molar refractivity (Wildman–Crippen MR) is 89.3 cm³/mol. The molecule has 1 aromatic carbocycles. The van der Waals surface area contributed by atoms with Gasteiger partial charge in [0, 0.05) is 11.9 Å². The molecular weight excluding hydrogens is 355 g/mol. The van der Waals surface area contributed by atoms with Crippen molar-refractivity contribution in [2.24, 2.45) is 0 Å². The molecule has 3 aromatic rings. The molecule has 0 radical (unpaired) electrons. The van der Waals surface area contributed by atoms with E-state index >= 15 is 0 Å². The first-order valence-electron chi connectivity index (χ1n) is 7.07. The molecule has 0 aliphatic carbocycles. The van der Waals surface area contributed by atoms with Crippen LogP contribution < -0.4 is 10.6 Å². The van der Waals surface area contributed by atoms with Crippen LogP contribution in [0.25, 0.3) is 0 Å². The van der Waals surface area contributed by atoms with Crippen molar-refractivity contribution in [2.45, 2.75) is 6.18 Å². The smallest absolute Gasteiger partial charge is 0.339 e. The Morgan fingerprint density at radius 3 is 2.52 bits per heavy atom. The number of rotatable bonds is 4. The zero-order valence-electron chi connectivity index (χ0n) is 12.5. The Kier molecular flexibility index (Phi) is 4.71. The highest BCUT2D eigenvalue weighted by Gasteiger charge is 2.30. The third-order valence-corrected chi connectivity index (χ3v) is 3.38. The molecule has 2 heterocycles. The van der Waals surface area contributed by atoms with Crippen LogP contribution in [0, 0.1) is 0 Å². The minimum Gasteiger partial charge on any atom is -0.339 e. The fraction of sp³-hybridized carbons (Fsp3) is 0.0625. The Hall–Kier alpha value is -2.87. The monoisotopic (exact) mass is 365 g/mol. The average molecular weight is 366 g/mol. The number of benzene rings is 1. The van der Waals surface area contributed by atoms with E-state index in [0.717, 1.165) is 12.1 Å². The molecule has 0 unspecified atom stereocenters. The van der Waals surface area contributed by atoms with Gasteiger partial charge in [-0.25, -0.2) is 9.97 Å². The Labute approximate surface area is 145 Å². The lowest BCUT2D eigenvalue weighted by molar-refractivity contribution is -0.137. The second-order valence-electron chi connectivity index (χ2n) is 4.93. The molecule has 0 amide bonds. The summed E-state index contributed by atoms with van der Waals surface area (Å²) < 4.78 is 38.4. The maximum Gasteiger partial charge on any atom is 0.416 e. The van der Waals surface area contributed by atoms with Gasteiger partial charge in [0.15, 0.2) is 5.82 Å². The molecule has 0 bridgehead atoms. The van der Waals surface area contributed by atoms with E-state index in [2.05, 4.69) is 25.6 Å². The van der Waals surface area contributed by atoms with E-state index in [1.165, 1.54) is 18.3 Å². The Balaban J connectivity index is 1.84. The molecule has 2 aromatic heterocycles. The summed E-state index contributed by atoms with van der Waals surface area (Å²) >= 11 is 6.03. The van der Waals surface area contributed by atoms with E-state index in [1.807, 2.05) is 0 Å². The number of halogens is 4. The Bertz CT molecular complexity index is 871. The molecule has 0 aliphatic rings. The summed E-state index contributed by atoms with van der Waals surface area (Å²) in [5, 5.41) is 5.82. The standard InChI is InChI=1S/C16H11ClF3N5/c17-12-9-22-15(24-13-6-1-2-7-21-13)25-14(12)23-11-5-3-4-10(8-11)16(18,19)20/h1-9H,(H2,21,22,23,24,25). The minimum atomic E-state index is -4.43. The highest BCUT2D eigenvalue weighted by molar-refractivity contribution is 6.32. The number of anilines is 4. The molecule has 0 saturated carbocycles. The quantitative estimate of drug-likeness (QED) is 0.679. The van der Waals surface area contributed by atoms with Gasteiger partial charge in [0.05, 0.1) is 11.8 Å². The molecule has 0 aliphatic heterocycles.